The van der Waals surface area contributed by atoms with Gasteiger partial charge < -0.3 is 10.0 Å². The summed E-state index contributed by atoms with van der Waals surface area (Å²) in [6.07, 6.45) is 0.790. The number of β-amino-alcohol motifs (C(OH)–C–C–N with tert-alkyl or cyclic N) is 1. The molecule has 0 aliphatic carbocycles. The van der Waals surface area contributed by atoms with Gasteiger partial charge in [-0.3, -0.25) is 9.59 Å². The van der Waals surface area contributed by atoms with E-state index in [1.54, 1.807) is 23.1 Å². The molecule has 1 N–H and O–H groups in total. The number of carbonyl (C=O) groups excluding carboxylic acids is 2. The van der Waals surface area contributed by atoms with Gasteiger partial charge in [0.15, 0.2) is 0 Å². The van der Waals surface area contributed by atoms with Gasteiger partial charge in [-0.05, 0) is 25.1 Å². The smallest absolute Gasteiger partial charge is 0.240 e. The number of rotatable bonds is 3. The molecule has 2 rings (SSSR count). The Bertz CT molecular complexity index is 461. The first-order valence-electron chi connectivity index (χ1n) is 5.35. The lowest BCUT2D eigenvalue weighted by atomic mass is 10.2. The van der Waals surface area contributed by atoms with Crippen molar-refractivity contribution in [2.75, 3.05) is 18.1 Å². The summed E-state index contributed by atoms with van der Waals surface area (Å²) in [6, 6.07) is 5.21. The number of amides is 1. The zero-order chi connectivity index (χ0) is 12.4. The third-order valence-corrected chi connectivity index (χ3v) is 3.79. The van der Waals surface area contributed by atoms with Gasteiger partial charge in [0.25, 0.3) is 0 Å². The second kappa shape index (κ2) is 4.89. The fraction of sp³-hybridized carbons (Fsp3) is 0.333. The Hall–Kier alpha value is -1.33. The molecule has 0 aromatic heterocycles. The highest BCUT2D eigenvalue weighted by atomic mass is 32.2. The number of hydrogen-bond acceptors (Lipinski definition) is 4. The van der Waals surface area contributed by atoms with Crippen LogP contribution in [0.2, 0.25) is 0 Å². The van der Waals surface area contributed by atoms with Crippen LogP contribution in [0.4, 0.5) is 5.69 Å². The third-order valence-electron chi connectivity index (χ3n) is 2.65. The first-order valence-corrected chi connectivity index (χ1v) is 6.23. The molecule has 4 nitrogen and oxygen atoms in total. The van der Waals surface area contributed by atoms with E-state index >= 15 is 0 Å². The molecule has 17 heavy (non-hydrogen) atoms. The molecule has 1 aliphatic rings. The molecule has 0 saturated heterocycles. The molecule has 5 heteroatoms. The van der Waals surface area contributed by atoms with Crippen LogP contribution in [-0.2, 0) is 4.79 Å². The van der Waals surface area contributed by atoms with E-state index in [0.717, 1.165) is 16.9 Å². The summed E-state index contributed by atoms with van der Waals surface area (Å²) < 4.78 is 0. The molecular formula is C12H13NO3S. The van der Waals surface area contributed by atoms with Gasteiger partial charge in [0.2, 0.25) is 5.91 Å². The molecule has 0 spiro atoms. The number of aldehydes is 1. The number of aliphatic hydroxyl groups is 1. The van der Waals surface area contributed by atoms with Gasteiger partial charge in [-0.2, -0.15) is 0 Å². The zero-order valence-electron chi connectivity index (χ0n) is 9.42. The predicted molar refractivity (Wildman–Crippen MR) is 66.6 cm³/mol. The largest absolute Gasteiger partial charge is 0.395 e. The molecule has 1 aromatic rings. The summed E-state index contributed by atoms with van der Waals surface area (Å²) in [5.41, 5.74) is 1.37. The number of nitrogens with zero attached hydrogens (tertiary/aromatic N) is 1. The van der Waals surface area contributed by atoms with E-state index in [0.29, 0.717) is 5.56 Å². The average Bonchev–Trinajstić information content (AvgIpc) is 2.34. The number of thioether (sulfide) groups is 1. The van der Waals surface area contributed by atoms with Gasteiger partial charge in [-0.25, -0.2) is 0 Å². The van der Waals surface area contributed by atoms with Crippen molar-refractivity contribution in [3.8, 4) is 0 Å². The number of aliphatic hydroxyl groups excluding tert-OH is 1. The lowest BCUT2D eigenvalue weighted by Gasteiger charge is -2.32. The highest BCUT2D eigenvalue weighted by Gasteiger charge is 2.30. The number of carbonyl (C=O) groups is 2. The lowest BCUT2D eigenvalue weighted by molar-refractivity contribution is -0.118. The molecule has 90 valence electrons. The van der Waals surface area contributed by atoms with Crippen LogP contribution in [0.25, 0.3) is 0 Å². The molecule has 1 aromatic carbocycles. The number of fused-ring (bicyclic) bond motifs is 1. The van der Waals surface area contributed by atoms with E-state index in [-0.39, 0.29) is 24.3 Å². The van der Waals surface area contributed by atoms with Gasteiger partial charge in [-0.15, -0.1) is 11.8 Å². The van der Waals surface area contributed by atoms with Gasteiger partial charge in [0.1, 0.15) is 6.29 Å². The molecular weight excluding hydrogens is 238 g/mol. The van der Waals surface area contributed by atoms with Gasteiger partial charge in [-0.1, -0.05) is 0 Å². The molecule has 1 amide bonds. The molecule has 1 atom stereocenters. The van der Waals surface area contributed by atoms with Gasteiger partial charge >= 0.3 is 0 Å². The van der Waals surface area contributed by atoms with Crippen molar-refractivity contribution in [2.24, 2.45) is 0 Å². The van der Waals surface area contributed by atoms with Crippen LogP contribution in [0.5, 0.6) is 0 Å². The van der Waals surface area contributed by atoms with Crippen LogP contribution in [0.15, 0.2) is 23.1 Å². The fourth-order valence-electron chi connectivity index (χ4n) is 1.83. The van der Waals surface area contributed by atoms with Gasteiger partial charge in [0, 0.05) is 17.0 Å². The molecule has 0 radical (unpaired) electrons. The second-order valence-corrected chi connectivity index (χ2v) is 5.20. The molecule has 1 heterocycles. The third kappa shape index (κ3) is 2.21. The maximum absolute atomic E-state index is 12.0. The van der Waals surface area contributed by atoms with E-state index in [1.165, 1.54) is 11.8 Å². The van der Waals surface area contributed by atoms with E-state index in [2.05, 4.69) is 0 Å². The first-order chi connectivity index (χ1) is 8.17. The van der Waals surface area contributed by atoms with E-state index in [9.17, 15) is 9.59 Å². The van der Waals surface area contributed by atoms with Crippen LogP contribution in [0.1, 0.15) is 17.3 Å². The van der Waals surface area contributed by atoms with Crippen molar-refractivity contribution in [1.29, 1.82) is 0 Å². The lowest BCUT2D eigenvalue weighted by Crippen LogP contribution is -2.41. The summed E-state index contributed by atoms with van der Waals surface area (Å²) in [5.74, 6) is -0.00426. The van der Waals surface area contributed by atoms with E-state index in [1.807, 2.05) is 6.92 Å². The van der Waals surface area contributed by atoms with E-state index < -0.39 is 0 Å². The maximum Gasteiger partial charge on any atom is 0.240 e. The Balaban J connectivity index is 2.44. The number of hydrogen-bond donors (Lipinski definition) is 1. The average molecular weight is 251 g/mol. The Labute approximate surface area is 104 Å². The molecule has 1 unspecified atom stereocenters. The number of benzene rings is 1. The molecule has 0 saturated carbocycles. The molecule has 0 fully saturated rings. The topological polar surface area (TPSA) is 57.6 Å². The van der Waals surface area contributed by atoms with Gasteiger partial charge in [0.05, 0.1) is 17.5 Å². The van der Waals surface area contributed by atoms with Crippen LogP contribution < -0.4 is 4.90 Å². The monoisotopic (exact) mass is 251 g/mol. The van der Waals surface area contributed by atoms with Crippen LogP contribution in [0, 0.1) is 0 Å². The SMILES string of the molecule is CC1Sc2cc(C=O)ccc2N(CCO)C1=O. The predicted octanol–water partition coefficient (Wildman–Crippen LogP) is 1.32. The van der Waals surface area contributed by atoms with Crippen molar-refractivity contribution in [1.82, 2.24) is 0 Å². The summed E-state index contributed by atoms with van der Waals surface area (Å²) >= 11 is 1.45. The fourth-order valence-corrected chi connectivity index (χ4v) is 2.94. The minimum atomic E-state index is -0.184. The van der Waals surface area contributed by atoms with E-state index in [4.69, 9.17) is 5.11 Å². The minimum absolute atomic E-state index is 0.00426. The number of anilines is 1. The van der Waals surface area contributed by atoms with Crippen molar-refractivity contribution in [3.63, 3.8) is 0 Å². The quantitative estimate of drug-likeness (QED) is 0.823. The Morgan fingerprint density at radius 3 is 2.94 bits per heavy atom. The highest BCUT2D eigenvalue weighted by molar-refractivity contribution is 8.01. The molecule has 1 aliphatic heterocycles. The summed E-state index contributed by atoms with van der Waals surface area (Å²) in [7, 11) is 0. The summed E-state index contributed by atoms with van der Waals surface area (Å²) in [6.45, 7) is 2.04. The summed E-state index contributed by atoms with van der Waals surface area (Å²) in [5, 5.41) is 8.81. The van der Waals surface area contributed by atoms with Crippen molar-refractivity contribution in [2.45, 2.75) is 17.1 Å². The normalized spacial score (nSPS) is 19.1. The zero-order valence-corrected chi connectivity index (χ0v) is 10.2. The molecule has 0 bridgehead atoms. The van der Waals surface area contributed by atoms with Crippen LogP contribution in [-0.4, -0.2) is 35.7 Å². The Kier molecular flexibility index (Phi) is 3.49. The Morgan fingerprint density at radius 2 is 2.29 bits per heavy atom. The second-order valence-electron chi connectivity index (χ2n) is 3.82. The van der Waals surface area contributed by atoms with Crippen LogP contribution in [0.3, 0.4) is 0 Å². The van der Waals surface area contributed by atoms with Crippen molar-refractivity contribution >= 4 is 29.6 Å². The minimum Gasteiger partial charge on any atom is -0.395 e. The first kappa shape index (κ1) is 12.1. The standard InChI is InChI=1S/C12H13NO3S/c1-8-12(16)13(4-5-14)10-3-2-9(7-15)6-11(10)17-8/h2-3,6-8,14H,4-5H2,1H3. The highest BCUT2D eigenvalue weighted by Crippen LogP contribution is 2.39. The Morgan fingerprint density at radius 1 is 1.53 bits per heavy atom. The maximum atomic E-state index is 12.0. The van der Waals surface area contributed by atoms with Crippen molar-refractivity contribution < 1.29 is 14.7 Å². The summed E-state index contributed by atoms with van der Waals surface area (Å²) in [4.78, 5) is 25.2. The van der Waals surface area contributed by atoms with Crippen molar-refractivity contribution in [3.05, 3.63) is 23.8 Å². The van der Waals surface area contributed by atoms with Crippen LogP contribution >= 0.6 is 11.8 Å².